The van der Waals surface area contributed by atoms with Crippen LogP contribution in [0.5, 0.6) is 0 Å². The fourth-order valence-electron chi connectivity index (χ4n) is 3.52. The van der Waals surface area contributed by atoms with Crippen LogP contribution < -0.4 is 5.32 Å². The second-order valence-corrected chi connectivity index (χ2v) is 7.32. The van der Waals surface area contributed by atoms with Crippen LogP contribution in [0.15, 0.2) is 6.07 Å². The Hall–Kier alpha value is -2.39. The predicted octanol–water partition coefficient (Wildman–Crippen LogP) is 2.20. The van der Waals surface area contributed by atoms with Crippen molar-refractivity contribution in [1.82, 2.24) is 29.9 Å². The van der Waals surface area contributed by atoms with E-state index in [2.05, 4.69) is 25.2 Å². The Morgan fingerprint density at radius 2 is 2.04 bits per heavy atom. The summed E-state index contributed by atoms with van der Waals surface area (Å²) in [7, 11) is 0. The maximum atomic E-state index is 12.7. The number of nitrogens with zero attached hydrogens (tertiary/aromatic N) is 5. The molecular formula is C17H21F3N6O. The van der Waals surface area contributed by atoms with Gasteiger partial charge in [-0.3, -0.25) is 9.48 Å². The van der Waals surface area contributed by atoms with Crippen LogP contribution >= 0.6 is 0 Å². The van der Waals surface area contributed by atoms with Crippen molar-refractivity contribution in [3.05, 3.63) is 29.1 Å². The van der Waals surface area contributed by atoms with Gasteiger partial charge in [-0.25, -0.2) is 0 Å². The van der Waals surface area contributed by atoms with Crippen molar-refractivity contribution in [2.45, 2.75) is 70.3 Å². The second-order valence-electron chi connectivity index (χ2n) is 7.32. The average Bonchev–Trinajstić information content (AvgIpc) is 3.30. The molecular weight excluding hydrogens is 361 g/mol. The van der Waals surface area contributed by atoms with Gasteiger partial charge in [-0.05, 0) is 38.7 Å². The molecule has 1 aliphatic carbocycles. The maximum absolute atomic E-state index is 12.7. The summed E-state index contributed by atoms with van der Waals surface area (Å²) in [6, 6.07) is 0.911. The van der Waals surface area contributed by atoms with Gasteiger partial charge in [0.15, 0.2) is 5.69 Å². The topological polar surface area (TPSA) is 77.6 Å². The van der Waals surface area contributed by atoms with Crippen LogP contribution in [-0.2, 0) is 30.5 Å². The molecule has 10 heteroatoms. The lowest BCUT2D eigenvalue weighted by molar-refractivity contribution is -0.141. The minimum Gasteiger partial charge on any atom is -0.352 e. The molecule has 7 nitrogen and oxygen atoms in total. The molecule has 1 saturated carbocycles. The smallest absolute Gasteiger partial charge is 0.352 e. The summed E-state index contributed by atoms with van der Waals surface area (Å²) in [4.78, 5) is 12.3. The third-order valence-corrected chi connectivity index (χ3v) is 5.15. The normalized spacial score (nSPS) is 20.2. The summed E-state index contributed by atoms with van der Waals surface area (Å²) >= 11 is 0. The minimum absolute atomic E-state index is 0.0378. The summed E-state index contributed by atoms with van der Waals surface area (Å²) in [6.45, 7) is 2.03. The van der Waals surface area contributed by atoms with Gasteiger partial charge < -0.3 is 9.88 Å². The number of halogens is 3. The third kappa shape index (κ3) is 3.84. The molecule has 146 valence electrons. The molecule has 4 rings (SSSR count). The van der Waals surface area contributed by atoms with Crippen molar-refractivity contribution in [3.63, 3.8) is 0 Å². The lowest BCUT2D eigenvalue weighted by Crippen LogP contribution is -2.37. The zero-order valence-electron chi connectivity index (χ0n) is 15.0. The van der Waals surface area contributed by atoms with Crippen LogP contribution in [0.3, 0.4) is 0 Å². The highest BCUT2D eigenvalue weighted by Gasteiger charge is 2.35. The standard InChI is InChI=1S/C17H21F3N6O/c1-10-8-13(17(18,19)20)24-26(10)9-15(27)21-12-4-5-14-22-23-16(11-2-3-11)25(14)7-6-12/h8,11-12H,2-7,9H2,1H3,(H,21,27). The van der Waals surface area contributed by atoms with E-state index in [0.717, 1.165) is 61.0 Å². The van der Waals surface area contributed by atoms with Gasteiger partial charge in [0.2, 0.25) is 5.91 Å². The molecule has 1 amide bonds. The Bertz CT molecular complexity index is 851. The van der Waals surface area contributed by atoms with E-state index >= 15 is 0 Å². The summed E-state index contributed by atoms with van der Waals surface area (Å²) in [5.41, 5.74) is -0.675. The molecule has 1 atom stereocenters. The number of amides is 1. The van der Waals surface area contributed by atoms with Crippen molar-refractivity contribution in [1.29, 1.82) is 0 Å². The molecule has 1 fully saturated rings. The van der Waals surface area contributed by atoms with Crippen molar-refractivity contribution in [2.75, 3.05) is 0 Å². The largest absolute Gasteiger partial charge is 0.435 e. The summed E-state index contributed by atoms with van der Waals surface area (Å²) < 4.78 is 41.5. The number of aromatic nitrogens is 5. The van der Waals surface area contributed by atoms with Gasteiger partial charge in [0.05, 0.1) is 0 Å². The highest BCUT2D eigenvalue weighted by molar-refractivity contribution is 5.76. The van der Waals surface area contributed by atoms with Gasteiger partial charge in [0, 0.05) is 30.6 Å². The van der Waals surface area contributed by atoms with Crippen LogP contribution in [0.1, 0.15) is 54.6 Å². The number of carbonyl (C=O) groups is 1. The number of carbonyl (C=O) groups excluding carboxylic acids is 1. The zero-order chi connectivity index (χ0) is 19.2. The first-order valence-corrected chi connectivity index (χ1v) is 9.14. The lowest BCUT2D eigenvalue weighted by Gasteiger charge is -2.16. The molecule has 0 radical (unpaired) electrons. The Morgan fingerprint density at radius 1 is 1.26 bits per heavy atom. The number of hydrogen-bond donors (Lipinski definition) is 1. The molecule has 2 aromatic heterocycles. The average molecular weight is 382 g/mol. The minimum atomic E-state index is -4.51. The van der Waals surface area contributed by atoms with Gasteiger partial charge in [0.1, 0.15) is 18.2 Å². The van der Waals surface area contributed by atoms with E-state index in [-0.39, 0.29) is 18.5 Å². The fourth-order valence-corrected chi connectivity index (χ4v) is 3.52. The van der Waals surface area contributed by atoms with Crippen molar-refractivity contribution >= 4 is 5.91 Å². The summed E-state index contributed by atoms with van der Waals surface area (Å²) in [5.74, 6) is 2.18. The van der Waals surface area contributed by atoms with E-state index in [9.17, 15) is 18.0 Å². The van der Waals surface area contributed by atoms with Crippen LogP contribution in [0, 0.1) is 6.92 Å². The van der Waals surface area contributed by atoms with Crippen molar-refractivity contribution in [2.24, 2.45) is 0 Å². The SMILES string of the molecule is Cc1cc(C(F)(F)F)nn1CC(=O)NC1CCc2nnc(C3CC3)n2CC1. The molecule has 0 bridgehead atoms. The van der Waals surface area contributed by atoms with Crippen LogP contribution in [-0.4, -0.2) is 36.5 Å². The summed E-state index contributed by atoms with van der Waals surface area (Å²) in [5, 5.41) is 15.0. The fraction of sp³-hybridized carbons (Fsp3) is 0.647. The van der Waals surface area contributed by atoms with E-state index in [1.165, 1.54) is 6.92 Å². The molecule has 1 unspecified atom stereocenters. The van der Waals surface area contributed by atoms with Crippen molar-refractivity contribution < 1.29 is 18.0 Å². The van der Waals surface area contributed by atoms with E-state index < -0.39 is 11.9 Å². The highest BCUT2D eigenvalue weighted by atomic mass is 19.4. The number of aryl methyl sites for hydroxylation is 2. The quantitative estimate of drug-likeness (QED) is 0.880. The molecule has 1 N–H and O–H groups in total. The van der Waals surface area contributed by atoms with E-state index in [1.54, 1.807) is 0 Å². The third-order valence-electron chi connectivity index (χ3n) is 5.15. The number of alkyl halides is 3. The van der Waals surface area contributed by atoms with E-state index in [0.29, 0.717) is 11.6 Å². The number of hydrogen-bond acceptors (Lipinski definition) is 4. The second kappa shape index (κ2) is 6.65. The number of rotatable bonds is 4. The van der Waals surface area contributed by atoms with Gasteiger partial charge in [-0.2, -0.15) is 18.3 Å². The summed E-state index contributed by atoms with van der Waals surface area (Å²) in [6.07, 6.45) is 0.0108. The maximum Gasteiger partial charge on any atom is 0.435 e. The Morgan fingerprint density at radius 3 is 2.70 bits per heavy atom. The van der Waals surface area contributed by atoms with Crippen molar-refractivity contribution in [3.8, 4) is 0 Å². The zero-order valence-corrected chi connectivity index (χ0v) is 15.0. The lowest BCUT2D eigenvalue weighted by atomic mass is 10.1. The highest BCUT2D eigenvalue weighted by Crippen LogP contribution is 2.39. The molecule has 2 aromatic rings. The van der Waals surface area contributed by atoms with Crippen LogP contribution in [0.4, 0.5) is 13.2 Å². The Kier molecular flexibility index (Phi) is 4.43. The molecule has 0 aromatic carbocycles. The van der Waals surface area contributed by atoms with E-state index in [1.807, 2.05) is 0 Å². The molecule has 2 aliphatic rings. The Balaban J connectivity index is 1.36. The first kappa shape index (κ1) is 18.0. The van der Waals surface area contributed by atoms with Gasteiger partial charge in [-0.15, -0.1) is 10.2 Å². The first-order chi connectivity index (χ1) is 12.8. The van der Waals surface area contributed by atoms with Crippen LogP contribution in [0.25, 0.3) is 0 Å². The first-order valence-electron chi connectivity index (χ1n) is 9.14. The van der Waals surface area contributed by atoms with Gasteiger partial charge in [-0.1, -0.05) is 0 Å². The number of fused-ring (bicyclic) bond motifs is 1. The number of nitrogens with one attached hydrogen (secondary N) is 1. The Labute approximate surface area is 153 Å². The molecule has 3 heterocycles. The molecule has 0 spiro atoms. The van der Waals surface area contributed by atoms with Crippen LogP contribution in [0.2, 0.25) is 0 Å². The predicted molar refractivity (Wildman–Crippen MR) is 88.8 cm³/mol. The van der Waals surface area contributed by atoms with E-state index in [4.69, 9.17) is 0 Å². The molecule has 1 aliphatic heterocycles. The molecule has 0 saturated heterocycles. The van der Waals surface area contributed by atoms with Gasteiger partial charge in [0.25, 0.3) is 0 Å². The van der Waals surface area contributed by atoms with Gasteiger partial charge >= 0.3 is 6.18 Å². The molecule has 27 heavy (non-hydrogen) atoms. The monoisotopic (exact) mass is 382 g/mol.